The second-order valence-electron chi connectivity index (χ2n) is 10.3. The number of alkyl halides is 2. The molecule has 1 saturated carbocycles. The van der Waals surface area contributed by atoms with Crippen LogP contribution in [0.15, 0.2) is 66.7 Å². The first-order valence-corrected chi connectivity index (χ1v) is 13.5. The number of hydrogen-bond acceptors (Lipinski definition) is 3. The fourth-order valence-corrected chi connectivity index (χ4v) is 5.51. The molecule has 3 amide bonds. The molecule has 2 atom stereocenters. The summed E-state index contributed by atoms with van der Waals surface area (Å²) in [4.78, 5) is 41.1. The van der Waals surface area contributed by atoms with Crippen molar-refractivity contribution in [2.24, 2.45) is 0 Å². The molecule has 5 rings (SSSR count). The Hall–Kier alpha value is -3.92. The summed E-state index contributed by atoms with van der Waals surface area (Å²) in [5.74, 6) is -6.45. The van der Waals surface area contributed by atoms with Crippen molar-refractivity contribution >= 4 is 35.0 Å². The average molecular weight is 588 g/mol. The van der Waals surface area contributed by atoms with Crippen molar-refractivity contribution < 1.29 is 31.9 Å². The number of anilines is 1. The van der Waals surface area contributed by atoms with Gasteiger partial charge in [0.05, 0.1) is 5.69 Å². The van der Waals surface area contributed by atoms with Crippen molar-refractivity contribution in [3.8, 4) is 11.1 Å². The summed E-state index contributed by atoms with van der Waals surface area (Å²) in [5, 5.41) is 5.25. The van der Waals surface area contributed by atoms with Gasteiger partial charge in [0.15, 0.2) is 5.82 Å². The fourth-order valence-electron chi connectivity index (χ4n) is 5.27. The number of benzene rings is 3. The Kier molecular flexibility index (Phi) is 8.04. The zero-order valence-electron chi connectivity index (χ0n) is 21.7. The number of hydrogen-bond donors (Lipinski definition) is 2. The molecular weight excluding hydrogens is 562 g/mol. The first-order valence-electron chi connectivity index (χ1n) is 13.1. The van der Waals surface area contributed by atoms with Crippen LogP contribution in [0.3, 0.4) is 0 Å². The SMILES string of the molecule is O=C1CCC[C@@H](C(=O)N(c2cccc(-c3cccc(F)c3)c2F)C(C(=O)NC2CC(F)(F)C2)c2ccccc2Cl)N1. The number of rotatable bonds is 7. The number of nitrogens with zero attached hydrogens (tertiary/aromatic N) is 1. The van der Waals surface area contributed by atoms with E-state index in [9.17, 15) is 27.6 Å². The molecule has 2 aliphatic rings. The Labute approximate surface area is 238 Å². The predicted octanol–water partition coefficient (Wildman–Crippen LogP) is 5.94. The standard InChI is InChI=1S/C30H26ClF4N3O3/c31-22-10-2-1-8-21(22)27(28(40)36-19-15-30(34,35)16-19)38(29(41)23-11-5-13-25(39)37-23)24-12-4-9-20(26(24)33)17-6-3-7-18(32)14-17/h1-4,6-10,12,14,19,23,27H,5,11,13,15-16H2,(H,36,40)(H,37,39)/t23-,27?/m0/s1. The molecule has 0 bridgehead atoms. The van der Waals surface area contributed by atoms with E-state index in [4.69, 9.17) is 11.6 Å². The number of carbonyl (C=O) groups is 3. The molecule has 0 aromatic heterocycles. The molecule has 1 heterocycles. The Morgan fingerprint density at radius 2 is 1.76 bits per heavy atom. The number of carbonyl (C=O) groups excluding carboxylic acids is 3. The Balaban J connectivity index is 1.65. The molecule has 1 saturated heterocycles. The van der Waals surface area contributed by atoms with Crippen LogP contribution in [0, 0.1) is 11.6 Å². The quantitative estimate of drug-likeness (QED) is 0.336. The third kappa shape index (κ3) is 6.07. The van der Waals surface area contributed by atoms with Gasteiger partial charge in [0, 0.05) is 41.5 Å². The lowest BCUT2D eigenvalue weighted by atomic mass is 9.87. The maximum Gasteiger partial charge on any atom is 0.252 e. The van der Waals surface area contributed by atoms with E-state index in [-0.39, 0.29) is 46.1 Å². The van der Waals surface area contributed by atoms with E-state index >= 15 is 4.39 Å². The van der Waals surface area contributed by atoms with Crippen LogP contribution < -0.4 is 15.5 Å². The summed E-state index contributed by atoms with van der Waals surface area (Å²) in [6.45, 7) is 0. The van der Waals surface area contributed by atoms with Gasteiger partial charge in [-0.1, -0.05) is 54.1 Å². The number of halogens is 5. The Morgan fingerprint density at radius 3 is 2.44 bits per heavy atom. The van der Waals surface area contributed by atoms with Gasteiger partial charge in [-0.2, -0.15) is 0 Å². The average Bonchev–Trinajstić information content (AvgIpc) is 2.91. The van der Waals surface area contributed by atoms with Crippen molar-refractivity contribution in [3.05, 3.63) is 89.0 Å². The van der Waals surface area contributed by atoms with Gasteiger partial charge in [-0.15, -0.1) is 0 Å². The molecule has 2 N–H and O–H groups in total. The maximum absolute atomic E-state index is 16.4. The summed E-state index contributed by atoms with van der Waals surface area (Å²) < 4.78 is 57.6. The minimum atomic E-state index is -2.93. The van der Waals surface area contributed by atoms with E-state index in [1.807, 2.05) is 0 Å². The smallest absolute Gasteiger partial charge is 0.252 e. The van der Waals surface area contributed by atoms with Crippen LogP contribution in [-0.2, 0) is 14.4 Å². The van der Waals surface area contributed by atoms with Gasteiger partial charge >= 0.3 is 0 Å². The molecule has 1 aliphatic carbocycles. The highest BCUT2D eigenvalue weighted by molar-refractivity contribution is 6.31. The lowest BCUT2D eigenvalue weighted by Crippen LogP contribution is -2.57. The normalized spacial score (nSPS) is 19.0. The number of amides is 3. The van der Waals surface area contributed by atoms with Crippen LogP contribution in [-0.4, -0.2) is 35.7 Å². The van der Waals surface area contributed by atoms with Crippen molar-refractivity contribution in [1.82, 2.24) is 10.6 Å². The second-order valence-corrected chi connectivity index (χ2v) is 10.7. The lowest BCUT2D eigenvalue weighted by molar-refractivity contribution is -0.134. The summed E-state index contributed by atoms with van der Waals surface area (Å²) in [6.07, 6.45) is -0.328. The summed E-state index contributed by atoms with van der Waals surface area (Å²) in [7, 11) is 0. The summed E-state index contributed by atoms with van der Waals surface area (Å²) in [5.41, 5.74) is -0.0398. The molecule has 214 valence electrons. The molecule has 0 radical (unpaired) electrons. The van der Waals surface area contributed by atoms with Crippen LogP contribution in [0.1, 0.15) is 43.7 Å². The van der Waals surface area contributed by atoms with E-state index in [1.54, 1.807) is 12.1 Å². The van der Waals surface area contributed by atoms with Gasteiger partial charge in [0.25, 0.3) is 11.8 Å². The van der Waals surface area contributed by atoms with Crippen LogP contribution >= 0.6 is 11.6 Å². The van der Waals surface area contributed by atoms with Crippen LogP contribution in [0.2, 0.25) is 5.02 Å². The van der Waals surface area contributed by atoms with E-state index in [0.717, 1.165) is 11.0 Å². The maximum atomic E-state index is 16.4. The number of nitrogens with one attached hydrogen (secondary N) is 2. The zero-order chi connectivity index (χ0) is 29.3. The molecule has 3 aromatic carbocycles. The molecule has 1 unspecified atom stereocenters. The molecule has 11 heteroatoms. The first kappa shape index (κ1) is 28.6. The number of piperidine rings is 1. The van der Waals surface area contributed by atoms with Gasteiger partial charge < -0.3 is 10.6 Å². The molecule has 0 spiro atoms. The van der Waals surface area contributed by atoms with E-state index in [1.165, 1.54) is 48.5 Å². The van der Waals surface area contributed by atoms with Crippen molar-refractivity contribution in [2.75, 3.05) is 4.90 Å². The second kappa shape index (κ2) is 11.5. The molecular formula is C30H26ClF4N3O3. The monoisotopic (exact) mass is 587 g/mol. The van der Waals surface area contributed by atoms with Gasteiger partial charge in [-0.3, -0.25) is 19.3 Å². The largest absolute Gasteiger partial charge is 0.351 e. The molecule has 2 fully saturated rings. The van der Waals surface area contributed by atoms with Crippen LogP contribution in [0.5, 0.6) is 0 Å². The zero-order valence-corrected chi connectivity index (χ0v) is 22.4. The molecule has 6 nitrogen and oxygen atoms in total. The van der Waals surface area contributed by atoms with Crippen molar-refractivity contribution in [3.63, 3.8) is 0 Å². The third-order valence-electron chi connectivity index (χ3n) is 7.28. The van der Waals surface area contributed by atoms with Crippen molar-refractivity contribution in [1.29, 1.82) is 0 Å². The minimum Gasteiger partial charge on any atom is -0.351 e. The highest BCUT2D eigenvalue weighted by atomic mass is 35.5. The van der Waals surface area contributed by atoms with E-state index in [0.29, 0.717) is 6.42 Å². The Morgan fingerprint density at radius 1 is 1.02 bits per heavy atom. The lowest BCUT2D eigenvalue weighted by Gasteiger charge is -2.39. The molecule has 41 heavy (non-hydrogen) atoms. The first-order chi connectivity index (χ1) is 19.5. The highest BCUT2D eigenvalue weighted by Crippen LogP contribution is 2.40. The minimum absolute atomic E-state index is 0.0376. The molecule has 1 aliphatic heterocycles. The van der Waals surface area contributed by atoms with Gasteiger partial charge in [-0.05, 0) is 42.7 Å². The third-order valence-corrected chi connectivity index (χ3v) is 7.63. The summed E-state index contributed by atoms with van der Waals surface area (Å²) in [6, 6.07) is 12.0. The van der Waals surface area contributed by atoms with Crippen LogP contribution in [0.25, 0.3) is 11.1 Å². The van der Waals surface area contributed by atoms with Gasteiger partial charge in [0.1, 0.15) is 17.9 Å². The van der Waals surface area contributed by atoms with Gasteiger partial charge in [0.2, 0.25) is 11.8 Å². The predicted molar refractivity (Wildman–Crippen MR) is 145 cm³/mol. The molecule has 3 aromatic rings. The van der Waals surface area contributed by atoms with Gasteiger partial charge in [-0.25, -0.2) is 17.6 Å². The van der Waals surface area contributed by atoms with Crippen LogP contribution in [0.4, 0.5) is 23.2 Å². The van der Waals surface area contributed by atoms with Crippen molar-refractivity contribution in [2.45, 2.75) is 56.2 Å². The topological polar surface area (TPSA) is 78.5 Å². The van der Waals surface area contributed by atoms with E-state index in [2.05, 4.69) is 10.6 Å². The van der Waals surface area contributed by atoms with E-state index < -0.39 is 60.3 Å². The summed E-state index contributed by atoms with van der Waals surface area (Å²) >= 11 is 6.48. The Bertz CT molecular complexity index is 1490. The fraction of sp³-hybridized carbons (Fsp3) is 0.300. The highest BCUT2D eigenvalue weighted by Gasteiger charge is 2.48.